The molecule has 1 atom stereocenters. The van der Waals surface area contributed by atoms with Gasteiger partial charge in [0.25, 0.3) is 5.91 Å². The number of aryl methyl sites for hydroxylation is 1. The third kappa shape index (κ3) is 2.68. The summed E-state index contributed by atoms with van der Waals surface area (Å²) in [6.45, 7) is 0. The Hall–Kier alpha value is -1.86. The molecule has 0 aliphatic heterocycles. The van der Waals surface area contributed by atoms with E-state index in [4.69, 9.17) is 5.73 Å². The van der Waals surface area contributed by atoms with Gasteiger partial charge >= 0.3 is 0 Å². The second-order valence-electron chi connectivity index (χ2n) is 4.74. The number of hydrogen-bond acceptors (Lipinski definition) is 5. The van der Waals surface area contributed by atoms with Gasteiger partial charge in [-0.1, -0.05) is 0 Å². The number of amides is 1. The topological polar surface area (TPSA) is 80.9 Å². The van der Waals surface area contributed by atoms with Crippen LogP contribution in [0, 0.1) is 5.82 Å². The van der Waals surface area contributed by atoms with E-state index in [1.807, 2.05) is 0 Å². The molecule has 1 aliphatic rings. The van der Waals surface area contributed by atoms with Gasteiger partial charge in [0.15, 0.2) is 5.13 Å². The van der Waals surface area contributed by atoms with Crippen LogP contribution in [0.3, 0.4) is 0 Å². The largest absolute Gasteiger partial charge is 0.327 e. The lowest BCUT2D eigenvalue weighted by Gasteiger charge is -2.15. The van der Waals surface area contributed by atoms with E-state index in [2.05, 4.69) is 15.3 Å². The summed E-state index contributed by atoms with van der Waals surface area (Å²) in [5.74, 6) is -0.950. The lowest BCUT2D eigenvalue weighted by molar-refractivity contribution is 0.102. The molecule has 0 bridgehead atoms. The van der Waals surface area contributed by atoms with Gasteiger partial charge in [0, 0.05) is 17.1 Å². The van der Waals surface area contributed by atoms with Gasteiger partial charge in [-0.15, -0.1) is 11.3 Å². The molecule has 1 aliphatic carbocycles. The molecular formula is C13H13FN4OS. The number of hydrogen-bond donors (Lipinski definition) is 2. The fraction of sp³-hybridized carbons (Fsp3) is 0.308. The molecule has 0 saturated heterocycles. The van der Waals surface area contributed by atoms with Gasteiger partial charge in [0.1, 0.15) is 5.82 Å². The van der Waals surface area contributed by atoms with E-state index in [1.54, 1.807) is 0 Å². The molecule has 0 radical (unpaired) electrons. The molecule has 3 N–H and O–H groups in total. The van der Waals surface area contributed by atoms with Crippen LogP contribution in [0.4, 0.5) is 9.52 Å². The zero-order valence-corrected chi connectivity index (χ0v) is 11.4. The first-order valence-electron chi connectivity index (χ1n) is 6.28. The molecule has 3 rings (SSSR count). The molecule has 20 heavy (non-hydrogen) atoms. The number of nitrogens with zero attached hydrogens (tertiary/aromatic N) is 2. The Balaban J connectivity index is 1.77. The molecule has 5 nitrogen and oxygen atoms in total. The van der Waals surface area contributed by atoms with E-state index in [0.29, 0.717) is 5.13 Å². The van der Waals surface area contributed by atoms with Gasteiger partial charge in [0.05, 0.1) is 17.5 Å². The van der Waals surface area contributed by atoms with Crippen LogP contribution in [-0.2, 0) is 12.8 Å². The molecule has 0 spiro atoms. The second kappa shape index (κ2) is 5.26. The first-order valence-corrected chi connectivity index (χ1v) is 7.09. The van der Waals surface area contributed by atoms with Crippen molar-refractivity contribution < 1.29 is 9.18 Å². The SMILES string of the molecule is N[C@H]1CCc2nc(NC(=O)c3cncc(F)c3)sc2C1. The Labute approximate surface area is 119 Å². The van der Waals surface area contributed by atoms with Crippen LogP contribution in [0.1, 0.15) is 27.3 Å². The van der Waals surface area contributed by atoms with Crippen molar-refractivity contribution in [2.24, 2.45) is 5.73 Å². The van der Waals surface area contributed by atoms with Crippen LogP contribution in [0.5, 0.6) is 0 Å². The molecule has 2 aromatic heterocycles. The van der Waals surface area contributed by atoms with Crippen molar-refractivity contribution in [2.45, 2.75) is 25.3 Å². The monoisotopic (exact) mass is 292 g/mol. The molecule has 0 fully saturated rings. The highest BCUT2D eigenvalue weighted by Gasteiger charge is 2.21. The minimum Gasteiger partial charge on any atom is -0.327 e. The number of carbonyl (C=O) groups is 1. The summed E-state index contributed by atoms with van der Waals surface area (Å²) in [4.78, 5) is 21.1. The highest BCUT2D eigenvalue weighted by Crippen LogP contribution is 2.29. The van der Waals surface area contributed by atoms with Crippen LogP contribution in [-0.4, -0.2) is 21.9 Å². The Morgan fingerprint density at radius 3 is 3.15 bits per heavy atom. The van der Waals surface area contributed by atoms with Crippen LogP contribution in [0.15, 0.2) is 18.5 Å². The zero-order chi connectivity index (χ0) is 14.1. The maximum Gasteiger partial charge on any atom is 0.259 e. The van der Waals surface area contributed by atoms with E-state index in [-0.39, 0.29) is 11.6 Å². The van der Waals surface area contributed by atoms with Gasteiger partial charge in [-0.3, -0.25) is 15.1 Å². The fourth-order valence-corrected chi connectivity index (χ4v) is 3.26. The van der Waals surface area contributed by atoms with Crippen molar-refractivity contribution in [1.29, 1.82) is 0 Å². The van der Waals surface area contributed by atoms with E-state index in [1.165, 1.54) is 17.5 Å². The first-order chi connectivity index (χ1) is 9.61. The molecule has 0 unspecified atom stereocenters. The van der Waals surface area contributed by atoms with Crippen molar-refractivity contribution in [2.75, 3.05) is 5.32 Å². The van der Waals surface area contributed by atoms with Crippen LogP contribution in [0.25, 0.3) is 0 Å². The summed E-state index contributed by atoms with van der Waals surface area (Å²) < 4.78 is 13.0. The second-order valence-corrected chi connectivity index (χ2v) is 5.82. The lowest BCUT2D eigenvalue weighted by atomic mass is 9.99. The smallest absolute Gasteiger partial charge is 0.259 e. The standard InChI is InChI=1S/C13H13FN4OS/c14-8-3-7(5-16-6-8)12(19)18-13-17-10-2-1-9(15)4-11(10)20-13/h3,5-6,9H,1-2,4,15H2,(H,17,18,19)/t9-/m0/s1. The van der Waals surface area contributed by atoms with Gasteiger partial charge in [-0.2, -0.15) is 0 Å². The first kappa shape index (κ1) is 13.1. The average molecular weight is 292 g/mol. The molecule has 2 aromatic rings. The number of nitrogens with one attached hydrogen (secondary N) is 1. The van der Waals surface area contributed by atoms with Gasteiger partial charge in [-0.25, -0.2) is 9.37 Å². The van der Waals surface area contributed by atoms with E-state index < -0.39 is 11.7 Å². The third-order valence-corrected chi connectivity index (χ3v) is 4.20. The molecule has 104 valence electrons. The normalized spacial score (nSPS) is 17.6. The number of rotatable bonds is 2. The van der Waals surface area contributed by atoms with Gasteiger partial charge < -0.3 is 5.73 Å². The van der Waals surface area contributed by atoms with Crippen molar-refractivity contribution in [3.63, 3.8) is 0 Å². The Bertz CT molecular complexity index is 658. The quantitative estimate of drug-likeness (QED) is 0.883. The van der Waals surface area contributed by atoms with Crippen molar-refractivity contribution in [3.8, 4) is 0 Å². The lowest BCUT2D eigenvalue weighted by Crippen LogP contribution is -2.27. The number of thiazole rings is 1. The maximum atomic E-state index is 13.0. The predicted octanol–water partition coefficient (Wildman–Crippen LogP) is 1.75. The summed E-state index contributed by atoms with van der Waals surface area (Å²) >= 11 is 1.43. The van der Waals surface area contributed by atoms with Crippen LogP contribution < -0.4 is 11.1 Å². The molecule has 2 heterocycles. The van der Waals surface area contributed by atoms with E-state index in [9.17, 15) is 9.18 Å². The van der Waals surface area contributed by atoms with Gasteiger partial charge in [-0.05, 0) is 25.3 Å². The fourth-order valence-electron chi connectivity index (χ4n) is 2.16. The minimum absolute atomic E-state index is 0.166. The number of aromatic nitrogens is 2. The molecule has 1 amide bonds. The van der Waals surface area contributed by atoms with E-state index in [0.717, 1.165) is 42.1 Å². The van der Waals surface area contributed by atoms with Crippen LogP contribution >= 0.6 is 11.3 Å². The summed E-state index contributed by atoms with van der Waals surface area (Å²) in [6, 6.07) is 1.31. The maximum absolute atomic E-state index is 13.0. The van der Waals surface area contributed by atoms with Gasteiger partial charge in [0.2, 0.25) is 0 Å². The Kier molecular flexibility index (Phi) is 3.45. The molecule has 0 saturated carbocycles. The number of pyridine rings is 1. The Morgan fingerprint density at radius 1 is 1.50 bits per heavy atom. The number of nitrogens with two attached hydrogens (primary N) is 1. The predicted molar refractivity (Wildman–Crippen MR) is 74.3 cm³/mol. The summed E-state index contributed by atoms with van der Waals surface area (Å²) in [7, 11) is 0. The number of anilines is 1. The van der Waals surface area contributed by atoms with E-state index >= 15 is 0 Å². The van der Waals surface area contributed by atoms with Crippen LogP contribution in [0.2, 0.25) is 0 Å². The summed E-state index contributed by atoms with van der Waals surface area (Å²) in [5, 5.41) is 3.20. The zero-order valence-electron chi connectivity index (χ0n) is 10.6. The molecular weight excluding hydrogens is 279 g/mol. The highest BCUT2D eigenvalue weighted by atomic mass is 32.1. The van der Waals surface area contributed by atoms with Crippen molar-refractivity contribution in [3.05, 3.63) is 40.4 Å². The third-order valence-electron chi connectivity index (χ3n) is 3.17. The molecule has 0 aromatic carbocycles. The number of fused-ring (bicyclic) bond motifs is 1. The summed E-state index contributed by atoms with van der Waals surface area (Å²) in [5.41, 5.74) is 7.09. The average Bonchev–Trinajstić information content (AvgIpc) is 2.80. The van der Waals surface area contributed by atoms with Crippen molar-refractivity contribution in [1.82, 2.24) is 9.97 Å². The highest BCUT2D eigenvalue weighted by molar-refractivity contribution is 7.15. The van der Waals surface area contributed by atoms with Crippen molar-refractivity contribution >= 4 is 22.4 Å². The number of halogens is 1. The molecule has 7 heteroatoms. The Morgan fingerprint density at radius 2 is 2.35 bits per heavy atom. The minimum atomic E-state index is -0.540. The summed E-state index contributed by atoms with van der Waals surface area (Å²) in [6.07, 6.45) is 4.93. The number of carbonyl (C=O) groups excluding carboxylic acids is 1.